The summed E-state index contributed by atoms with van der Waals surface area (Å²) in [6, 6.07) is 2.52. The fourth-order valence-electron chi connectivity index (χ4n) is 2.75. The van der Waals surface area contributed by atoms with Gasteiger partial charge in [-0.3, -0.25) is 0 Å². The van der Waals surface area contributed by atoms with Gasteiger partial charge in [0.25, 0.3) is 0 Å². The molecule has 2 aliphatic rings. The first-order valence-electron chi connectivity index (χ1n) is 8.93. The Balaban J connectivity index is 1.66. The second-order valence-corrected chi connectivity index (χ2v) is 6.76. The summed E-state index contributed by atoms with van der Waals surface area (Å²) < 4.78 is 66.9. The zero-order chi connectivity index (χ0) is 18.6. The Morgan fingerprint density at radius 3 is 2.38 bits per heavy atom. The summed E-state index contributed by atoms with van der Waals surface area (Å²) >= 11 is 0. The van der Waals surface area contributed by atoms with Crippen LogP contribution in [0.15, 0.2) is 24.3 Å². The van der Waals surface area contributed by atoms with E-state index >= 15 is 0 Å². The number of rotatable bonds is 9. The van der Waals surface area contributed by atoms with Crippen LogP contribution in [0.2, 0.25) is 0 Å². The maximum absolute atomic E-state index is 14.5. The average molecular weight is 374 g/mol. The van der Waals surface area contributed by atoms with Crippen molar-refractivity contribution >= 4 is 0 Å². The van der Waals surface area contributed by atoms with Crippen molar-refractivity contribution in [1.82, 2.24) is 0 Å². The summed E-state index contributed by atoms with van der Waals surface area (Å²) in [5.74, 6) is -1.67. The Hall–Kier alpha value is -1.92. The van der Waals surface area contributed by atoms with Crippen LogP contribution in [0.5, 0.6) is 17.2 Å². The molecule has 0 aliphatic heterocycles. The van der Waals surface area contributed by atoms with E-state index in [1.54, 1.807) is 6.08 Å². The van der Waals surface area contributed by atoms with Crippen LogP contribution in [0.4, 0.5) is 17.6 Å². The third-order valence-electron chi connectivity index (χ3n) is 4.62. The number of benzene rings is 1. The second-order valence-electron chi connectivity index (χ2n) is 6.76. The third-order valence-corrected chi connectivity index (χ3v) is 4.62. The molecule has 0 radical (unpaired) electrons. The molecule has 0 spiro atoms. The van der Waals surface area contributed by atoms with Gasteiger partial charge in [0.2, 0.25) is 11.6 Å². The summed E-state index contributed by atoms with van der Waals surface area (Å²) in [6.45, 7) is 0.309. The minimum atomic E-state index is -5.02. The SMILES string of the molecule is Fc1c(OC/C=C/C2CC2)ccc(OCCC2CCC2)c1OC(F)(F)F. The minimum Gasteiger partial charge on any atom is -0.490 e. The molecule has 0 aromatic heterocycles. The van der Waals surface area contributed by atoms with Crippen LogP contribution in [0.25, 0.3) is 0 Å². The lowest BCUT2D eigenvalue weighted by molar-refractivity contribution is -0.276. The molecule has 0 saturated heterocycles. The molecule has 2 saturated carbocycles. The second kappa shape index (κ2) is 8.18. The normalized spacial score (nSPS) is 18.0. The van der Waals surface area contributed by atoms with Crippen LogP contribution in [0, 0.1) is 17.7 Å². The topological polar surface area (TPSA) is 27.7 Å². The molecule has 0 bridgehead atoms. The van der Waals surface area contributed by atoms with E-state index in [1.807, 2.05) is 6.08 Å². The minimum absolute atomic E-state index is 0.0841. The van der Waals surface area contributed by atoms with E-state index in [9.17, 15) is 17.6 Å². The van der Waals surface area contributed by atoms with Crippen molar-refractivity contribution in [3.63, 3.8) is 0 Å². The summed E-state index contributed by atoms with van der Waals surface area (Å²) in [4.78, 5) is 0. The first kappa shape index (κ1) is 18.9. The number of ether oxygens (including phenoxy) is 3. The van der Waals surface area contributed by atoms with Crippen LogP contribution in [0.1, 0.15) is 38.5 Å². The van der Waals surface area contributed by atoms with Crippen LogP contribution in [0.3, 0.4) is 0 Å². The maximum Gasteiger partial charge on any atom is 0.573 e. The number of hydrogen-bond acceptors (Lipinski definition) is 3. The molecule has 1 aromatic rings. The number of alkyl halides is 3. The number of hydrogen-bond donors (Lipinski definition) is 0. The van der Waals surface area contributed by atoms with Gasteiger partial charge >= 0.3 is 6.36 Å². The van der Waals surface area contributed by atoms with Gasteiger partial charge in [0, 0.05) is 0 Å². The average Bonchev–Trinajstić information content (AvgIpc) is 3.34. The fraction of sp³-hybridized carbons (Fsp3) is 0.579. The van der Waals surface area contributed by atoms with Gasteiger partial charge in [0.1, 0.15) is 6.61 Å². The molecule has 0 heterocycles. The Bertz CT molecular complexity index is 634. The Labute approximate surface area is 149 Å². The van der Waals surface area contributed by atoms with Crippen LogP contribution >= 0.6 is 0 Å². The van der Waals surface area contributed by atoms with Crippen molar-refractivity contribution in [3.8, 4) is 17.2 Å². The van der Waals surface area contributed by atoms with Gasteiger partial charge in [0.05, 0.1) is 6.61 Å². The lowest BCUT2D eigenvalue weighted by Crippen LogP contribution is -2.19. The molecule has 2 aliphatic carbocycles. The standard InChI is InChI=1S/C19H22F4O3/c20-17-15(24-11-2-5-14-6-7-14)8-9-16(18(17)26-19(21,22)23)25-12-10-13-3-1-4-13/h2,5,8-9,13-14H,1,3-4,6-7,10-12H2/b5-2+. The highest BCUT2D eigenvalue weighted by Gasteiger charge is 2.35. The first-order valence-corrected chi connectivity index (χ1v) is 8.93. The van der Waals surface area contributed by atoms with Gasteiger partial charge in [-0.25, -0.2) is 0 Å². The molecule has 7 heteroatoms. The molecule has 2 fully saturated rings. The molecule has 3 rings (SSSR count). The van der Waals surface area contributed by atoms with E-state index in [0.717, 1.165) is 32.1 Å². The molecule has 0 N–H and O–H groups in total. The third kappa shape index (κ3) is 5.54. The first-order chi connectivity index (χ1) is 12.4. The summed E-state index contributed by atoms with van der Waals surface area (Å²) in [5, 5.41) is 0. The Morgan fingerprint density at radius 2 is 1.77 bits per heavy atom. The van der Waals surface area contributed by atoms with E-state index in [0.29, 0.717) is 11.8 Å². The van der Waals surface area contributed by atoms with E-state index in [4.69, 9.17) is 9.47 Å². The van der Waals surface area contributed by atoms with Crippen molar-refractivity contribution in [2.45, 2.75) is 44.9 Å². The largest absolute Gasteiger partial charge is 0.573 e. The van der Waals surface area contributed by atoms with E-state index < -0.39 is 17.9 Å². The van der Waals surface area contributed by atoms with Gasteiger partial charge in [-0.1, -0.05) is 31.4 Å². The zero-order valence-corrected chi connectivity index (χ0v) is 14.4. The van der Waals surface area contributed by atoms with Gasteiger partial charge in [-0.2, -0.15) is 4.39 Å². The highest BCUT2D eigenvalue weighted by Crippen LogP contribution is 2.40. The van der Waals surface area contributed by atoms with Crippen molar-refractivity contribution in [1.29, 1.82) is 0 Å². The Morgan fingerprint density at radius 1 is 1.04 bits per heavy atom. The van der Waals surface area contributed by atoms with Crippen molar-refractivity contribution in [2.75, 3.05) is 13.2 Å². The molecule has 0 atom stereocenters. The van der Waals surface area contributed by atoms with Crippen LogP contribution < -0.4 is 14.2 Å². The van der Waals surface area contributed by atoms with Crippen molar-refractivity contribution < 1.29 is 31.8 Å². The van der Waals surface area contributed by atoms with E-state index in [-0.39, 0.29) is 24.7 Å². The predicted octanol–water partition coefficient (Wildman–Crippen LogP) is 5.64. The Kier molecular flexibility index (Phi) is 5.94. The molecule has 0 unspecified atom stereocenters. The summed E-state index contributed by atoms with van der Waals surface area (Å²) in [7, 11) is 0. The smallest absolute Gasteiger partial charge is 0.490 e. The van der Waals surface area contributed by atoms with Gasteiger partial charge < -0.3 is 14.2 Å². The van der Waals surface area contributed by atoms with Gasteiger partial charge in [0.15, 0.2) is 11.5 Å². The van der Waals surface area contributed by atoms with Crippen molar-refractivity contribution in [2.24, 2.45) is 11.8 Å². The lowest BCUT2D eigenvalue weighted by atomic mass is 9.83. The molecule has 1 aromatic carbocycles. The molecule has 0 amide bonds. The van der Waals surface area contributed by atoms with Crippen LogP contribution in [-0.4, -0.2) is 19.6 Å². The van der Waals surface area contributed by atoms with Gasteiger partial charge in [-0.15, -0.1) is 13.2 Å². The summed E-state index contributed by atoms with van der Waals surface area (Å²) in [6.07, 6.45) is 5.04. The quantitative estimate of drug-likeness (QED) is 0.414. The molecule has 3 nitrogen and oxygen atoms in total. The molecule has 26 heavy (non-hydrogen) atoms. The molecule has 144 valence electrons. The highest BCUT2D eigenvalue weighted by molar-refractivity contribution is 5.47. The predicted molar refractivity (Wildman–Crippen MR) is 87.9 cm³/mol. The maximum atomic E-state index is 14.5. The van der Waals surface area contributed by atoms with Gasteiger partial charge in [-0.05, 0) is 43.2 Å². The van der Waals surface area contributed by atoms with E-state index in [1.165, 1.54) is 18.6 Å². The monoisotopic (exact) mass is 374 g/mol. The molecular formula is C19H22F4O3. The summed E-state index contributed by atoms with van der Waals surface area (Å²) in [5.41, 5.74) is 0. The van der Waals surface area contributed by atoms with Crippen molar-refractivity contribution in [3.05, 3.63) is 30.1 Å². The van der Waals surface area contributed by atoms with Crippen LogP contribution in [-0.2, 0) is 0 Å². The zero-order valence-electron chi connectivity index (χ0n) is 14.4. The highest BCUT2D eigenvalue weighted by atomic mass is 19.4. The fourth-order valence-corrected chi connectivity index (χ4v) is 2.75. The van der Waals surface area contributed by atoms with E-state index in [2.05, 4.69) is 4.74 Å². The molecular weight excluding hydrogens is 352 g/mol. The lowest BCUT2D eigenvalue weighted by Gasteiger charge is -2.25. The number of halogens is 4. The number of allylic oxidation sites excluding steroid dienone is 1.